The summed E-state index contributed by atoms with van der Waals surface area (Å²) in [5.74, 6) is -1.24. The molecule has 0 aliphatic carbocycles. The van der Waals surface area contributed by atoms with Crippen molar-refractivity contribution in [3.63, 3.8) is 0 Å². The van der Waals surface area contributed by atoms with Gasteiger partial charge in [0.2, 0.25) is 0 Å². The molecule has 2 unspecified atom stereocenters. The van der Waals surface area contributed by atoms with Gasteiger partial charge in [-0.1, -0.05) is 30.3 Å². The molecule has 0 saturated heterocycles. The summed E-state index contributed by atoms with van der Waals surface area (Å²) in [6.45, 7) is 2.69. The van der Waals surface area contributed by atoms with E-state index < -0.39 is 5.97 Å². The molecule has 30 heavy (non-hydrogen) atoms. The summed E-state index contributed by atoms with van der Waals surface area (Å²) in [6.07, 6.45) is 1.26. The van der Waals surface area contributed by atoms with E-state index in [0.717, 1.165) is 38.4 Å². The Balaban J connectivity index is 1.97. The minimum Gasteiger partial charge on any atom is -0.481 e. The molecule has 4 rings (SSSR count). The summed E-state index contributed by atoms with van der Waals surface area (Å²) in [5.41, 5.74) is 2.59. The van der Waals surface area contributed by atoms with Crippen molar-refractivity contribution in [1.29, 1.82) is 0 Å². The second-order valence-electron chi connectivity index (χ2n) is 7.53. The number of hydrogen-bond acceptors (Lipinski definition) is 3. The topological polar surface area (TPSA) is 51.5 Å². The number of benzene rings is 2. The summed E-state index contributed by atoms with van der Waals surface area (Å²) in [6, 6.07) is 10.7. The van der Waals surface area contributed by atoms with E-state index in [4.69, 9.17) is 16.3 Å². The van der Waals surface area contributed by atoms with Crippen molar-refractivity contribution in [2.45, 2.75) is 54.5 Å². The molecule has 2 aromatic carbocycles. The Morgan fingerprint density at radius 2 is 2.10 bits per heavy atom. The first kappa shape index (κ1) is 21.2. The number of fused-ring (bicyclic) bond motifs is 3. The Hall–Kier alpha value is -2.02. The van der Waals surface area contributed by atoms with E-state index in [1.165, 1.54) is 0 Å². The van der Waals surface area contributed by atoms with Crippen molar-refractivity contribution in [2.24, 2.45) is 0 Å². The van der Waals surface area contributed by atoms with E-state index in [9.17, 15) is 14.3 Å². The molecule has 7 heteroatoms. The first-order chi connectivity index (χ1) is 14.4. The molecule has 0 spiro atoms. The first-order valence-electron chi connectivity index (χ1n) is 9.96. The Morgan fingerprint density at radius 3 is 2.73 bits per heavy atom. The first-order valence-corrected chi connectivity index (χ1v) is 11.2. The standard InChI is InChI=1S/C23H23ClFNO3S/c1-3-19(29-2)17-11-15(25)12-18-21(17)23(30-16-6-4-14(24)5-7-16)22-13(10-20(27)28)8-9-26(18)22/h4-7,11-13,19H,3,8-10H2,1-2H3,(H,27,28). The molecule has 0 saturated carbocycles. The van der Waals surface area contributed by atoms with Crippen LogP contribution in [0.5, 0.6) is 0 Å². The zero-order valence-corrected chi connectivity index (χ0v) is 18.4. The van der Waals surface area contributed by atoms with Crippen LogP contribution in [0.25, 0.3) is 10.9 Å². The maximum Gasteiger partial charge on any atom is 0.304 e. The van der Waals surface area contributed by atoms with Gasteiger partial charge in [-0.2, -0.15) is 0 Å². The van der Waals surface area contributed by atoms with Gasteiger partial charge in [-0.05, 0) is 54.8 Å². The van der Waals surface area contributed by atoms with Crippen LogP contribution in [0.15, 0.2) is 46.2 Å². The van der Waals surface area contributed by atoms with E-state index in [-0.39, 0.29) is 24.3 Å². The molecule has 1 aromatic heterocycles. The van der Waals surface area contributed by atoms with Gasteiger partial charge in [0.25, 0.3) is 0 Å². The highest BCUT2D eigenvalue weighted by molar-refractivity contribution is 7.99. The molecule has 158 valence electrons. The largest absolute Gasteiger partial charge is 0.481 e. The highest BCUT2D eigenvalue weighted by atomic mass is 35.5. The molecular formula is C23H23ClFNO3S. The Labute approximate surface area is 184 Å². The van der Waals surface area contributed by atoms with Crippen LogP contribution < -0.4 is 0 Å². The number of carboxylic acids is 1. The van der Waals surface area contributed by atoms with Gasteiger partial charge < -0.3 is 14.4 Å². The maximum absolute atomic E-state index is 14.6. The molecule has 0 amide bonds. The molecule has 1 aliphatic rings. The molecule has 0 fully saturated rings. The Morgan fingerprint density at radius 1 is 1.37 bits per heavy atom. The number of carbonyl (C=O) groups is 1. The van der Waals surface area contributed by atoms with Crippen LogP contribution in [0.1, 0.15) is 49.5 Å². The minimum atomic E-state index is -0.823. The number of aromatic nitrogens is 1. The van der Waals surface area contributed by atoms with Gasteiger partial charge in [0.1, 0.15) is 5.82 Å². The fourth-order valence-electron chi connectivity index (χ4n) is 4.42. The van der Waals surface area contributed by atoms with Crippen molar-refractivity contribution < 1.29 is 19.0 Å². The maximum atomic E-state index is 14.6. The van der Waals surface area contributed by atoms with Crippen LogP contribution in [0, 0.1) is 5.82 Å². The fraction of sp³-hybridized carbons (Fsp3) is 0.348. The van der Waals surface area contributed by atoms with Crippen LogP contribution in [-0.4, -0.2) is 22.8 Å². The van der Waals surface area contributed by atoms with E-state index in [1.54, 1.807) is 31.0 Å². The Bertz CT molecular complexity index is 1090. The third kappa shape index (κ3) is 3.84. The number of rotatable bonds is 7. The van der Waals surface area contributed by atoms with Crippen molar-refractivity contribution >= 4 is 40.2 Å². The zero-order valence-electron chi connectivity index (χ0n) is 16.8. The number of methoxy groups -OCH3 is 1. The molecule has 3 aromatic rings. The number of hydrogen-bond donors (Lipinski definition) is 1. The third-order valence-electron chi connectivity index (χ3n) is 5.70. The van der Waals surface area contributed by atoms with Gasteiger partial charge in [-0.25, -0.2) is 4.39 Å². The summed E-state index contributed by atoms with van der Waals surface area (Å²) in [4.78, 5) is 13.5. The van der Waals surface area contributed by atoms with Gasteiger partial charge >= 0.3 is 5.97 Å². The minimum absolute atomic E-state index is 0.0593. The number of halogens is 2. The van der Waals surface area contributed by atoms with Crippen LogP contribution in [0.3, 0.4) is 0 Å². The highest BCUT2D eigenvalue weighted by Crippen LogP contribution is 2.49. The molecule has 0 bridgehead atoms. The number of aliphatic carboxylic acids is 1. The number of carboxylic acid groups (broad SMARTS) is 1. The van der Waals surface area contributed by atoms with Crippen molar-refractivity contribution in [3.05, 3.63) is 58.5 Å². The zero-order chi connectivity index (χ0) is 21.4. The molecule has 4 nitrogen and oxygen atoms in total. The summed E-state index contributed by atoms with van der Waals surface area (Å²) >= 11 is 7.62. The molecule has 1 N–H and O–H groups in total. The van der Waals surface area contributed by atoms with E-state index in [2.05, 4.69) is 4.57 Å². The lowest BCUT2D eigenvalue weighted by Gasteiger charge is -2.17. The monoisotopic (exact) mass is 447 g/mol. The fourth-order valence-corrected chi connectivity index (χ4v) is 5.76. The molecule has 2 atom stereocenters. The lowest BCUT2D eigenvalue weighted by atomic mass is 9.97. The summed E-state index contributed by atoms with van der Waals surface area (Å²) in [7, 11) is 1.63. The summed E-state index contributed by atoms with van der Waals surface area (Å²) < 4.78 is 22.4. The van der Waals surface area contributed by atoms with Crippen LogP contribution in [-0.2, 0) is 16.1 Å². The predicted octanol–water partition coefficient (Wildman–Crippen LogP) is 6.64. The van der Waals surface area contributed by atoms with E-state index in [1.807, 2.05) is 31.2 Å². The van der Waals surface area contributed by atoms with Crippen LogP contribution >= 0.6 is 23.4 Å². The normalized spacial score (nSPS) is 16.7. The van der Waals surface area contributed by atoms with Crippen LogP contribution in [0.4, 0.5) is 4.39 Å². The second-order valence-corrected chi connectivity index (χ2v) is 9.05. The lowest BCUT2D eigenvalue weighted by molar-refractivity contribution is -0.137. The van der Waals surface area contributed by atoms with Crippen LogP contribution in [0.2, 0.25) is 5.02 Å². The van der Waals surface area contributed by atoms with Crippen molar-refractivity contribution in [1.82, 2.24) is 4.57 Å². The SMILES string of the molecule is CCC(OC)c1cc(F)cc2c1c(Sc1ccc(Cl)cc1)c1n2CCC1CC(=O)O. The smallest absolute Gasteiger partial charge is 0.304 e. The van der Waals surface area contributed by atoms with Gasteiger partial charge in [-0.3, -0.25) is 4.79 Å². The number of aryl methyl sites for hydroxylation is 1. The second kappa shape index (κ2) is 8.61. The Kier molecular flexibility index (Phi) is 6.09. The quantitative estimate of drug-likeness (QED) is 0.440. The predicted molar refractivity (Wildman–Crippen MR) is 117 cm³/mol. The number of ether oxygens (including phenoxy) is 1. The van der Waals surface area contributed by atoms with E-state index in [0.29, 0.717) is 18.0 Å². The van der Waals surface area contributed by atoms with Crippen molar-refractivity contribution in [2.75, 3.05) is 7.11 Å². The average molecular weight is 448 g/mol. The van der Waals surface area contributed by atoms with Gasteiger partial charge in [0, 0.05) is 45.5 Å². The molecule has 2 heterocycles. The molecular weight excluding hydrogens is 425 g/mol. The molecule has 0 radical (unpaired) electrons. The van der Waals surface area contributed by atoms with Gasteiger partial charge in [0.05, 0.1) is 18.0 Å². The van der Waals surface area contributed by atoms with Gasteiger partial charge in [0.15, 0.2) is 0 Å². The lowest BCUT2D eigenvalue weighted by Crippen LogP contribution is -2.04. The van der Waals surface area contributed by atoms with E-state index >= 15 is 0 Å². The number of nitrogens with zero attached hydrogens (tertiary/aromatic N) is 1. The molecule has 1 aliphatic heterocycles. The third-order valence-corrected chi connectivity index (χ3v) is 7.08. The van der Waals surface area contributed by atoms with Gasteiger partial charge in [-0.15, -0.1) is 0 Å². The average Bonchev–Trinajstić information content (AvgIpc) is 3.24. The highest BCUT2D eigenvalue weighted by Gasteiger charge is 2.33. The summed E-state index contributed by atoms with van der Waals surface area (Å²) in [5, 5.41) is 11.0. The van der Waals surface area contributed by atoms with Crippen molar-refractivity contribution in [3.8, 4) is 0 Å².